The van der Waals surface area contributed by atoms with Gasteiger partial charge in [-0.2, -0.15) is 0 Å². The molecule has 1 N–H and O–H groups in total. The van der Waals surface area contributed by atoms with Gasteiger partial charge in [0.05, 0.1) is 11.6 Å². The highest BCUT2D eigenvalue weighted by Gasteiger charge is 2.05. The molecule has 4 heteroatoms. The van der Waals surface area contributed by atoms with E-state index in [0.29, 0.717) is 12.2 Å². The molecule has 13 heavy (non-hydrogen) atoms. The van der Waals surface area contributed by atoms with Gasteiger partial charge in [0.1, 0.15) is 5.82 Å². The number of ether oxygens (including phenoxy) is 1. The van der Waals surface area contributed by atoms with E-state index >= 15 is 0 Å². The van der Waals surface area contributed by atoms with Crippen LogP contribution in [0, 0.1) is 11.2 Å². The molecular weight excluding hydrogens is 193 g/mol. The molecule has 0 bridgehead atoms. The third-order valence-corrected chi connectivity index (χ3v) is 1.76. The van der Waals surface area contributed by atoms with Crippen LogP contribution in [0.15, 0.2) is 18.2 Å². The molecule has 0 aliphatic heterocycles. The predicted octanol–water partition coefficient (Wildman–Crippen LogP) is 2.84. The van der Waals surface area contributed by atoms with Gasteiger partial charge in [0.2, 0.25) is 5.90 Å². The average Bonchev–Trinajstić information content (AvgIpc) is 2.10. The molecule has 2 nitrogen and oxygen atoms in total. The van der Waals surface area contributed by atoms with E-state index in [-0.39, 0.29) is 10.9 Å². The first-order valence-electron chi connectivity index (χ1n) is 3.82. The first-order chi connectivity index (χ1) is 6.15. The summed E-state index contributed by atoms with van der Waals surface area (Å²) in [5.41, 5.74) is 0.480. The molecule has 0 radical (unpaired) electrons. The Morgan fingerprint density at radius 2 is 2.31 bits per heavy atom. The molecule has 1 aromatic rings. The van der Waals surface area contributed by atoms with Gasteiger partial charge in [-0.15, -0.1) is 0 Å². The molecule has 0 heterocycles. The van der Waals surface area contributed by atoms with E-state index in [1.807, 2.05) is 0 Å². The summed E-state index contributed by atoms with van der Waals surface area (Å²) in [6, 6.07) is 4.04. The van der Waals surface area contributed by atoms with Crippen LogP contribution in [0.5, 0.6) is 0 Å². The monoisotopic (exact) mass is 201 g/mol. The van der Waals surface area contributed by atoms with Crippen LogP contribution in [0.25, 0.3) is 0 Å². The molecule has 0 aromatic heterocycles. The smallest absolute Gasteiger partial charge is 0.213 e. The molecule has 1 rings (SSSR count). The molecule has 0 aliphatic carbocycles. The summed E-state index contributed by atoms with van der Waals surface area (Å²) in [4.78, 5) is 0. The van der Waals surface area contributed by atoms with Crippen molar-refractivity contribution in [2.45, 2.75) is 6.92 Å². The zero-order valence-corrected chi connectivity index (χ0v) is 7.86. The van der Waals surface area contributed by atoms with Crippen molar-refractivity contribution < 1.29 is 9.13 Å². The molecule has 0 amide bonds. The number of hydrogen-bond acceptors (Lipinski definition) is 2. The summed E-state index contributed by atoms with van der Waals surface area (Å²) in [7, 11) is 0. The lowest BCUT2D eigenvalue weighted by atomic mass is 10.2. The maximum atomic E-state index is 12.7. The third kappa shape index (κ3) is 2.42. The number of benzene rings is 1. The van der Waals surface area contributed by atoms with Gasteiger partial charge in [-0.3, -0.25) is 5.41 Å². The highest BCUT2D eigenvalue weighted by atomic mass is 35.5. The summed E-state index contributed by atoms with van der Waals surface area (Å²) < 4.78 is 17.6. The lowest BCUT2D eigenvalue weighted by molar-refractivity contribution is 0.325. The SMILES string of the molecule is CCOC(=N)c1ccc(F)c(Cl)c1. The van der Waals surface area contributed by atoms with Crippen molar-refractivity contribution in [2.75, 3.05) is 6.61 Å². The molecule has 0 spiro atoms. The number of rotatable bonds is 2. The van der Waals surface area contributed by atoms with Crippen LogP contribution in [0.3, 0.4) is 0 Å². The molecular formula is C9H9ClFNO. The van der Waals surface area contributed by atoms with Gasteiger partial charge in [0.25, 0.3) is 0 Å². The summed E-state index contributed by atoms with van der Waals surface area (Å²) in [5.74, 6) is -0.487. The zero-order chi connectivity index (χ0) is 9.84. The predicted molar refractivity (Wildman–Crippen MR) is 49.9 cm³/mol. The highest BCUT2D eigenvalue weighted by molar-refractivity contribution is 6.31. The molecule has 0 saturated carbocycles. The standard InChI is InChI=1S/C9H9ClFNO/c1-2-13-9(12)6-3-4-8(11)7(10)5-6/h3-5,12H,2H2,1H3. The van der Waals surface area contributed by atoms with E-state index in [1.165, 1.54) is 18.2 Å². The maximum Gasteiger partial charge on any atom is 0.213 e. The van der Waals surface area contributed by atoms with Gasteiger partial charge in [-0.25, -0.2) is 4.39 Å². The first-order valence-corrected chi connectivity index (χ1v) is 4.19. The van der Waals surface area contributed by atoms with Crippen LogP contribution in [0.1, 0.15) is 12.5 Å². The van der Waals surface area contributed by atoms with Crippen molar-refractivity contribution in [3.63, 3.8) is 0 Å². The van der Waals surface area contributed by atoms with E-state index in [1.54, 1.807) is 6.92 Å². The second-order valence-corrected chi connectivity index (χ2v) is 2.80. The molecule has 1 aromatic carbocycles. The van der Waals surface area contributed by atoms with Crippen molar-refractivity contribution in [3.05, 3.63) is 34.6 Å². The summed E-state index contributed by atoms with van der Waals surface area (Å²) in [6.45, 7) is 2.19. The van der Waals surface area contributed by atoms with Crippen LogP contribution in [0.2, 0.25) is 5.02 Å². The quantitative estimate of drug-likeness (QED) is 0.579. The molecule has 0 aliphatic rings. The lowest BCUT2D eigenvalue weighted by Gasteiger charge is -2.04. The Labute approximate surface area is 80.8 Å². The molecule has 0 fully saturated rings. The number of halogens is 2. The van der Waals surface area contributed by atoms with Gasteiger partial charge in [-0.05, 0) is 25.1 Å². The van der Waals surface area contributed by atoms with Gasteiger partial charge in [0, 0.05) is 5.56 Å². The average molecular weight is 202 g/mol. The minimum Gasteiger partial charge on any atom is -0.478 e. The van der Waals surface area contributed by atoms with E-state index in [0.717, 1.165) is 0 Å². The molecule has 0 saturated heterocycles. The topological polar surface area (TPSA) is 33.1 Å². The maximum absolute atomic E-state index is 12.7. The Morgan fingerprint density at radius 3 is 2.85 bits per heavy atom. The van der Waals surface area contributed by atoms with Crippen molar-refractivity contribution in [2.24, 2.45) is 0 Å². The van der Waals surface area contributed by atoms with Gasteiger partial charge >= 0.3 is 0 Å². The Balaban J connectivity index is 2.90. The van der Waals surface area contributed by atoms with Crippen molar-refractivity contribution in [1.29, 1.82) is 5.41 Å². The van der Waals surface area contributed by atoms with E-state index in [4.69, 9.17) is 21.7 Å². The van der Waals surface area contributed by atoms with Crippen molar-refractivity contribution in [3.8, 4) is 0 Å². The molecule has 0 unspecified atom stereocenters. The van der Waals surface area contributed by atoms with Crippen LogP contribution in [0.4, 0.5) is 4.39 Å². The van der Waals surface area contributed by atoms with E-state index < -0.39 is 5.82 Å². The van der Waals surface area contributed by atoms with E-state index in [9.17, 15) is 4.39 Å². The summed E-state index contributed by atoms with van der Waals surface area (Å²) >= 11 is 5.53. The zero-order valence-electron chi connectivity index (χ0n) is 7.10. The fraction of sp³-hybridized carbons (Fsp3) is 0.222. The molecule has 70 valence electrons. The summed E-state index contributed by atoms with van der Waals surface area (Å²) in [5, 5.41) is 7.40. The van der Waals surface area contributed by atoms with Gasteiger partial charge in [-0.1, -0.05) is 11.6 Å². The Bertz CT molecular complexity index is 327. The molecule has 0 atom stereocenters. The van der Waals surface area contributed by atoms with Crippen molar-refractivity contribution >= 4 is 17.5 Å². The van der Waals surface area contributed by atoms with Crippen LogP contribution in [-0.4, -0.2) is 12.5 Å². The van der Waals surface area contributed by atoms with Gasteiger partial charge < -0.3 is 4.74 Å². The second kappa shape index (κ2) is 4.23. The Hall–Kier alpha value is -1.09. The Kier molecular flexibility index (Phi) is 3.25. The minimum absolute atomic E-state index is 0.00181. The van der Waals surface area contributed by atoms with Crippen LogP contribution >= 0.6 is 11.6 Å². The Morgan fingerprint density at radius 1 is 1.62 bits per heavy atom. The number of hydrogen-bond donors (Lipinski definition) is 1. The second-order valence-electron chi connectivity index (χ2n) is 2.39. The fourth-order valence-electron chi connectivity index (χ4n) is 0.865. The van der Waals surface area contributed by atoms with Crippen LogP contribution in [-0.2, 0) is 4.74 Å². The van der Waals surface area contributed by atoms with E-state index in [2.05, 4.69) is 0 Å². The minimum atomic E-state index is -0.491. The third-order valence-electron chi connectivity index (χ3n) is 1.47. The summed E-state index contributed by atoms with van der Waals surface area (Å²) in [6.07, 6.45) is 0. The largest absolute Gasteiger partial charge is 0.478 e. The number of nitrogens with one attached hydrogen (secondary N) is 1. The normalized spacial score (nSPS) is 9.77. The van der Waals surface area contributed by atoms with Gasteiger partial charge in [0.15, 0.2) is 0 Å². The van der Waals surface area contributed by atoms with Crippen molar-refractivity contribution in [1.82, 2.24) is 0 Å². The first kappa shape index (κ1) is 9.99. The van der Waals surface area contributed by atoms with Crippen LogP contribution < -0.4 is 0 Å². The fourth-order valence-corrected chi connectivity index (χ4v) is 1.05. The highest BCUT2D eigenvalue weighted by Crippen LogP contribution is 2.16. The lowest BCUT2D eigenvalue weighted by Crippen LogP contribution is -2.04.